The van der Waals surface area contributed by atoms with E-state index in [1.54, 1.807) is 22.6 Å². The molecule has 0 aliphatic carbocycles. The highest BCUT2D eigenvalue weighted by Gasteiger charge is 2.30. The Morgan fingerprint density at radius 1 is 1.08 bits per heavy atom. The number of primary amides is 1. The van der Waals surface area contributed by atoms with E-state index in [1.165, 1.54) is 7.05 Å². The van der Waals surface area contributed by atoms with Crippen LogP contribution in [0.3, 0.4) is 0 Å². The van der Waals surface area contributed by atoms with Crippen LogP contribution < -0.4 is 16.4 Å². The van der Waals surface area contributed by atoms with E-state index >= 15 is 0 Å². The Bertz CT molecular complexity index is 728. The summed E-state index contributed by atoms with van der Waals surface area (Å²) in [5, 5.41) is 32.7. The summed E-state index contributed by atoms with van der Waals surface area (Å²) in [6, 6.07) is 0. The number of nitrogens with two attached hydrogens (primary N) is 1. The second-order valence-electron chi connectivity index (χ2n) is 4.69. The highest BCUT2D eigenvalue weighted by atomic mass is 127. The van der Waals surface area contributed by atoms with E-state index in [9.17, 15) is 24.6 Å². The van der Waals surface area contributed by atoms with E-state index in [2.05, 4.69) is 10.6 Å². The highest BCUT2D eigenvalue weighted by Crippen LogP contribution is 2.35. The molecule has 0 radical (unpaired) electrons. The van der Waals surface area contributed by atoms with E-state index in [4.69, 9.17) is 10.8 Å². The van der Waals surface area contributed by atoms with Crippen molar-refractivity contribution in [2.24, 2.45) is 5.73 Å². The standard InChI is InChI=1S/C13H14I3N3O6/c1-18-12(24)5-6(14)4(11(17)23)7(15)9(8(5)16)19-13(25)10(22)3(21)2-20/h3,10,20-22H,2H2,1H3,(H2,17,23)(H,18,24)(H,19,25). The molecule has 0 aliphatic rings. The fraction of sp³-hybridized carbons (Fsp3) is 0.308. The number of nitrogens with one attached hydrogen (secondary N) is 2. The largest absolute Gasteiger partial charge is 0.394 e. The average molecular weight is 689 g/mol. The van der Waals surface area contributed by atoms with Crippen LogP contribution in [-0.2, 0) is 4.79 Å². The second kappa shape index (κ2) is 9.58. The molecule has 0 saturated carbocycles. The molecule has 25 heavy (non-hydrogen) atoms. The van der Waals surface area contributed by atoms with Crippen LogP contribution in [0.5, 0.6) is 0 Å². The summed E-state index contributed by atoms with van der Waals surface area (Å²) in [4.78, 5) is 36.0. The Hall–Kier alpha value is -0.300. The highest BCUT2D eigenvalue weighted by molar-refractivity contribution is 14.1. The van der Waals surface area contributed by atoms with Crippen molar-refractivity contribution in [3.05, 3.63) is 21.8 Å². The van der Waals surface area contributed by atoms with E-state index in [-0.39, 0.29) is 20.4 Å². The summed E-state index contributed by atoms with van der Waals surface area (Å²) in [6.07, 6.45) is -3.57. The molecule has 0 saturated heterocycles. The Labute approximate surface area is 183 Å². The second-order valence-corrected chi connectivity index (χ2v) is 7.93. The van der Waals surface area contributed by atoms with Crippen LogP contribution in [0, 0.1) is 10.7 Å². The van der Waals surface area contributed by atoms with Gasteiger partial charge in [0.2, 0.25) is 0 Å². The minimum atomic E-state index is -1.89. The lowest BCUT2D eigenvalue weighted by Gasteiger charge is -2.20. The monoisotopic (exact) mass is 689 g/mol. The number of benzene rings is 1. The first-order valence-corrected chi connectivity index (χ1v) is 9.82. The molecule has 0 heterocycles. The van der Waals surface area contributed by atoms with E-state index < -0.39 is 36.5 Å². The zero-order chi connectivity index (χ0) is 19.5. The summed E-state index contributed by atoms with van der Waals surface area (Å²) in [5.41, 5.74) is 5.68. The molecule has 1 aromatic carbocycles. The van der Waals surface area contributed by atoms with Gasteiger partial charge in [0.05, 0.1) is 30.6 Å². The lowest BCUT2D eigenvalue weighted by molar-refractivity contribution is -0.131. The molecule has 0 aromatic heterocycles. The summed E-state index contributed by atoms with van der Waals surface area (Å²) in [6.45, 7) is -0.814. The maximum absolute atomic E-state index is 12.2. The van der Waals surface area contributed by atoms with Crippen LogP contribution in [0.2, 0.25) is 0 Å². The minimum Gasteiger partial charge on any atom is -0.394 e. The number of carbonyl (C=O) groups is 3. The average Bonchev–Trinajstić information content (AvgIpc) is 2.56. The summed E-state index contributed by atoms with van der Waals surface area (Å²) >= 11 is 5.44. The number of halogens is 3. The SMILES string of the molecule is CNC(=O)c1c(I)c(NC(=O)C(O)C(O)CO)c(I)c(C(N)=O)c1I. The third-order valence-corrected chi connectivity index (χ3v) is 6.32. The van der Waals surface area contributed by atoms with Crippen LogP contribution in [0.15, 0.2) is 0 Å². The number of amides is 3. The lowest BCUT2D eigenvalue weighted by Crippen LogP contribution is -2.40. The van der Waals surface area contributed by atoms with Gasteiger partial charge in [-0.25, -0.2) is 0 Å². The van der Waals surface area contributed by atoms with Gasteiger partial charge in [0, 0.05) is 10.6 Å². The van der Waals surface area contributed by atoms with Gasteiger partial charge in [0.15, 0.2) is 6.10 Å². The molecule has 3 amide bonds. The first-order valence-electron chi connectivity index (χ1n) is 6.58. The van der Waals surface area contributed by atoms with Crippen molar-refractivity contribution in [3.63, 3.8) is 0 Å². The number of hydrogen-bond donors (Lipinski definition) is 6. The van der Waals surface area contributed by atoms with E-state index in [0.717, 1.165) is 0 Å². The van der Waals surface area contributed by atoms with Gasteiger partial charge >= 0.3 is 0 Å². The van der Waals surface area contributed by atoms with Gasteiger partial charge in [0.1, 0.15) is 6.10 Å². The summed E-state index contributed by atoms with van der Waals surface area (Å²) in [7, 11) is 1.41. The van der Waals surface area contributed by atoms with Crippen molar-refractivity contribution in [2.45, 2.75) is 12.2 Å². The van der Waals surface area contributed by atoms with Gasteiger partial charge in [0.25, 0.3) is 17.7 Å². The fourth-order valence-electron chi connectivity index (χ4n) is 1.79. The first kappa shape index (κ1) is 22.7. The molecule has 9 nitrogen and oxygen atoms in total. The Kier molecular flexibility index (Phi) is 8.72. The summed E-state index contributed by atoms with van der Waals surface area (Å²) < 4.78 is 0.938. The van der Waals surface area contributed by atoms with Crippen molar-refractivity contribution in [1.29, 1.82) is 0 Å². The first-order chi connectivity index (χ1) is 11.6. The number of carbonyl (C=O) groups excluding carboxylic acids is 3. The third kappa shape index (κ3) is 4.90. The molecule has 0 fully saturated rings. The van der Waals surface area contributed by atoms with Crippen molar-refractivity contribution in [3.8, 4) is 0 Å². The Morgan fingerprint density at radius 2 is 1.60 bits per heavy atom. The van der Waals surface area contributed by atoms with Gasteiger partial charge in [-0.2, -0.15) is 0 Å². The normalized spacial score (nSPS) is 13.1. The molecule has 7 N–H and O–H groups in total. The van der Waals surface area contributed by atoms with E-state index in [0.29, 0.717) is 7.14 Å². The van der Waals surface area contributed by atoms with Crippen LogP contribution >= 0.6 is 67.8 Å². The van der Waals surface area contributed by atoms with Crippen LogP contribution in [0.25, 0.3) is 0 Å². The van der Waals surface area contributed by atoms with Crippen molar-refractivity contribution in [2.75, 3.05) is 19.0 Å². The summed E-state index contributed by atoms with van der Waals surface area (Å²) in [5.74, 6) is -2.28. The molecule has 2 unspecified atom stereocenters. The predicted octanol–water partition coefficient (Wildman–Crippen LogP) is -0.389. The number of aliphatic hydroxyl groups is 3. The quantitative estimate of drug-likeness (QED) is 0.223. The van der Waals surface area contributed by atoms with Gasteiger partial charge < -0.3 is 31.7 Å². The molecule has 12 heteroatoms. The van der Waals surface area contributed by atoms with Gasteiger partial charge in [-0.15, -0.1) is 0 Å². The number of aliphatic hydroxyl groups excluding tert-OH is 3. The molecule has 0 spiro atoms. The molecule has 2 atom stereocenters. The number of rotatable bonds is 6. The van der Waals surface area contributed by atoms with Crippen molar-refractivity contribution in [1.82, 2.24) is 5.32 Å². The number of hydrogen-bond acceptors (Lipinski definition) is 6. The Balaban J connectivity index is 3.55. The lowest BCUT2D eigenvalue weighted by atomic mass is 10.1. The fourth-order valence-corrected chi connectivity index (χ4v) is 6.24. The zero-order valence-electron chi connectivity index (χ0n) is 12.6. The molecular formula is C13H14I3N3O6. The van der Waals surface area contributed by atoms with Gasteiger partial charge in [-0.05, 0) is 67.8 Å². The molecule has 1 rings (SSSR count). The molecular weight excluding hydrogens is 675 g/mol. The maximum Gasteiger partial charge on any atom is 0.256 e. The Morgan fingerprint density at radius 3 is 2.04 bits per heavy atom. The third-order valence-electron chi connectivity index (χ3n) is 3.09. The molecule has 0 aliphatic heterocycles. The molecule has 138 valence electrons. The van der Waals surface area contributed by atoms with Crippen molar-refractivity contribution >= 4 is 91.2 Å². The molecule has 0 bridgehead atoms. The van der Waals surface area contributed by atoms with Crippen LogP contribution in [0.4, 0.5) is 5.69 Å². The maximum atomic E-state index is 12.2. The number of anilines is 1. The molecule has 1 aromatic rings. The minimum absolute atomic E-state index is 0.0488. The predicted molar refractivity (Wildman–Crippen MR) is 114 cm³/mol. The van der Waals surface area contributed by atoms with Gasteiger partial charge in [-0.1, -0.05) is 0 Å². The van der Waals surface area contributed by atoms with Crippen LogP contribution in [0.1, 0.15) is 20.7 Å². The van der Waals surface area contributed by atoms with Crippen LogP contribution in [-0.4, -0.2) is 58.9 Å². The smallest absolute Gasteiger partial charge is 0.256 e. The van der Waals surface area contributed by atoms with Crippen molar-refractivity contribution < 1.29 is 29.7 Å². The topological polar surface area (TPSA) is 162 Å². The van der Waals surface area contributed by atoms with Gasteiger partial charge in [-0.3, -0.25) is 14.4 Å². The van der Waals surface area contributed by atoms with E-state index in [1.807, 2.05) is 45.2 Å². The zero-order valence-corrected chi connectivity index (χ0v) is 19.1.